The number of esters is 1. The molecule has 0 unspecified atom stereocenters. The van der Waals surface area contributed by atoms with Gasteiger partial charge in [0.1, 0.15) is 0 Å². The number of cyclic esters (lactones) is 1. The summed E-state index contributed by atoms with van der Waals surface area (Å²) in [5.41, 5.74) is 1.64. The Balaban J connectivity index is 1.44. The van der Waals surface area contributed by atoms with Crippen LogP contribution in [0, 0.1) is 0 Å². The number of anilines is 1. The molecule has 0 aromatic heterocycles. The van der Waals surface area contributed by atoms with Crippen LogP contribution in [0.15, 0.2) is 53.4 Å². The van der Waals surface area contributed by atoms with E-state index in [1.165, 1.54) is 28.6 Å². The van der Waals surface area contributed by atoms with Crippen molar-refractivity contribution >= 4 is 27.6 Å². The molecule has 0 radical (unpaired) electrons. The molecule has 2 aromatic carbocycles. The molecule has 0 spiro atoms. The molecule has 1 fully saturated rings. The van der Waals surface area contributed by atoms with Gasteiger partial charge in [0.05, 0.1) is 22.7 Å². The van der Waals surface area contributed by atoms with Crippen LogP contribution < -0.4 is 5.32 Å². The lowest BCUT2D eigenvalue weighted by Crippen LogP contribution is -2.48. The van der Waals surface area contributed by atoms with Crippen LogP contribution in [0.5, 0.6) is 0 Å². The Morgan fingerprint density at radius 2 is 1.68 bits per heavy atom. The molecule has 0 bridgehead atoms. The van der Waals surface area contributed by atoms with Crippen molar-refractivity contribution in [3.8, 4) is 0 Å². The fraction of sp³-hybridized carbons (Fsp3) is 0.364. The Morgan fingerprint density at radius 1 is 1.03 bits per heavy atom. The minimum absolute atomic E-state index is 0.143. The third-order valence-electron chi connectivity index (χ3n) is 5.33. The number of nitrogens with one attached hydrogen (secondary N) is 1. The summed E-state index contributed by atoms with van der Waals surface area (Å²) in [5, 5.41) is 2.69. The topological polar surface area (TPSA) is 102 Å². The van der Waals surface area contributed by atoms with Gasteiger partial charge in [0.15, 0.2) is 6.10 Å². The number of hydrogen-bond acceptors (Lipinski definition) is 6. The Kier molecular flexibility index (Phi) is 5.83. The lowest BCUT2D eigenvalue weighted by atomic mass is 9.98. The molecule has 9 heteroatoms. The molecule has 2 aliphatic rings. The highest BCUT2D eigenvalue weighted by Gasteiger charge is 2.33. The van der Waals surface area contributed by atoms with Crippen LogP contribution in [-0.4, -0.2) is 56.0 Å². The van der Waals surface area contributed by atoms with Gasteiger partial charge in [-0.25, -0.2) is 13.2 Å². The van der Waals surface area contributed by atoms with Crippen molar-refractivity contribution in [1.29, 1.82) is 0 Å². The highest BCUT2D eigenvalue weighted by Crippen LogP contribution is 2.24. The zero-order chi connectivity index (χ0) is 22.2. The lowest BCUT2D eigenvalue weighted by molar-refractivity contribution is -0.125. The fourth-order valence-electron chi connectivity index (χ4n) is 3.89. The molecule has 31 heavy (non-hydrogen) atoms. The number of ether oxygens (including phenoxy) is 2. The molecule has 4 rings (SSSR count). The first kappa shape index (κ1) is 21.5. The van der Waals surface area contributed by atoms with Crippen molar-refractivity contribution < 1.29 is 27.5 Å². The van der Waals surface area contributed by atoms with Crippen LogP contribution in [-0.2, 0) is 30.7 Å². The van der Waals surface area contributed by atoms with Gasteiger partial charge in [-0.15, -0.1) is 0 Å². The number of carbonyl (C=O) groups excluding carboxylic acids is 2. The maximum Gasteiger partial charge on any atom is 0.339 e. The molecule has 2 heterocycles. The highest BCUT2D eigenvalue weighted by molar-refractivity contribution is 7.89. The molecule has 8 nitrogen and oxygen atoms in total. The number of nitrogens with zero attached hydrogens (tertiary/aromatic N) is 1. The average Bonchev–Trinajstić information content (AvgIpc) is 2.73. The van der Waals surface area contributed by atoms with Gasteiger partial charge in [-0.1, -0.05) is 18.2 Å². The van der Waals surface area contributed by atoms with Crippen LogP contribution >= 0.6 is 0 Å². The summed E-state index contributed by atoms with van der Waals surface area (Å²) in [6.07, 6.45) is -1.02. The Hall–Kier alpha value is -2.75. The third-order valence-corrected chi connectivity index (χ3v) is 7.18. The second-order valence-corrected chi connectivity index (χ2v) is 9.79. The van der Waals surface area contributed by atoms with E-state index < -0.39 is 28.0 Å². The van der Waals surface area contributed by atoms with Gasteiger partial charge in [0, 0.05) is 25.2 Å². The van der Waals surface area contributed by atoms with Crippen molar-refractivity contribution in [3.05, 3.63) is 59.7 Å². The molecule has 1 saturated heterocycles. The molecule has 1 N–H and O–H groups in total. The monoisotopic (exact) mass is 444 g/mol. The van der Waals surface area contributed by atoms with E-state index in [0.717, 1.165) is 5.56 Å². The predicted molar refractivity (Wildman–Crippen MR) is 113 cm³/mol. The smallest absolute Gasteiger partial charge is 0.339 e. The number of rotatable bonds is 4. The zero-order valence-corrected chi connectivity index (χ0v) is 18.1. The number of benzene rings is 2. The highest BCUT2D eigenvalue weighted by atomic mass is 32.2. The zero-order valence-electron chi connectivity index (χ0n) is 17.3. The van der Waals surface area contributed by atoms with Crippen molar-refractivity contribution in [3.63, 3.8) is 0 Å². The van der Waals surface area contributed by atoms with Crippen molar-refractivity contribution in [2.24, 2.45) is 0 Å². The third kappa shape index (κ3) is 4.48. The molecule has 3 atom stereocenters. The summed E-state index contributed by atoms with van der Waals surface area (Å²) in [5.74, 6) is -0.994. The van der Waals surface area contributed by atoms with Gasteiger partial charge in [-0.2, -0.15) is 4.31 Å². The minimum atomic E-state index is -3.66. The van der Waals surface area contributed by atoms with E-state index in [1.54, 1.807) is 18.2 Å². The predicted octanol–water partition coefficient (Wildman–Crippen LogP) is 2.20. The normalized spacial score (nSPS) is 24.2. The van der Waals surface area contributed by atoms with Crippen LogP contribution in [0.3, 0.4) is 0 Å². The maximum absolute atomic E-state index is 12.9. The molecule has 1 amide bonds. The minimum Gasteiger partial charge on any atom is -0.448 e. The van der Waals surface area contributed by atoms with Crippen LogP contribution in [0.2, 0.25) is 0 Å². The molecule has 0 aliphatic carbocycles. The van der Waals surface area contributed by atoms with E-state index in [0.29, 0.717) is 24.3 Å². The quantitative estimate of drug-likeness (QED) is 0.726. The largest absolute Gasteiger partial charge is 0.448 e. The molecular formula is C22H24N2O6S. The van der Waals surface area contributed by atoms with E-state index in [-0.39, 0.29) is 23.5 Å². The van der Waals surface area contributed by atoms with E-state index in [1.807, 2.05) is 19.9 Å². The van der Waals surface area contributed by atoms with Crippen molar-refractivity contribution in [2.75, 3.05) is 18.4 Å². The van der Waals surface area contributed by atoms with E-state index in [9.17, 15) is 18.0 Å². The Morgan fingerprint density at radius 3 is 2.35 bits per heavy atom. The Labute approximate surface area is 181 Å². The summed E-state index contributed by atoms with van der Waals surface area (Å²) in [7, 11) is -3.66. The number of fused-ring (bicyclic) bond motifs is 1. The number of morpholine rings is 1. The van der Waals surface area contributed by atoms with Crippen LogP contribution in [0.25, 0.3) is 0 Å². The molecule has 164 valence electrons. The van der Waals surface area contributed by atoms with Gasteiger partial charge in [-0.05, 0) is 49.7 Å². The summed E-state index contributed by atoms with van der Waals surface area (Å²) in [6.45, 7) is 4.26. The number of sulfonamides is 1. The van der Waals surface area contributed by atoms with Crippen LogP contribution in [0.1, 0.15) is 29.8 Å². The standard InChI is InChI=1S/C22H24N2O6S/c1-14-12-24(13-15(2)29-14)31(27,28)18-9-7-17(8-10-18)23-21(25)20-11-16-5-3-4-6-19(16)22(26)30-20/h3-10,14-15,20H,11-13H2,1-2H3,(H,23,25)/t14-,15-,20+/m1/s1. The van der Waals surface area contributed by atoms with Gasteiger partial charge in [-0.3, -0.25) is 4.79 Å². The summed E-state index contributed by atoms with van der Waals surface area (Å²) < 4.78 is 38.2. The number of carbonyl (C=O) groups is 2. The second kappa shape index (κ2) is 8.41. The SMILES string of the molecule is C[C@@H]1CN(S(=O)(=O)c2ccc(NC(=O)[C@@H]3Cc4ccccc4C(=O)O3)cc2)C[C@@H](C)O1. The summed E-state index contributed by atoms with van der Waals surface area (Å²) in [4.78, 5) is 24.9. The average molecular weight is 445 g/mol. The van der Waals surface area contributed by atoms with Crippen molar-refractivity contribution in [2.45, 2.75) is 43.5 Å². The molecule has 2 aliphatic heterocycles. The van der Waals surface area contributed by atoms with Crippen molar-refractivity contribution in [1.82, 2.24) is 4.31 Å². The molecule has 0 saturated carbocycles. The van der Waals surface area contributed by atoms with E-state index >= 15 is 0 Å². The Bertz CT molecular complexity index is 1090. The lowest BCUT2D eigenvalue weighted by Gasteiger charge is -2.34. The second-order valence-electron chi connectivity index (χ2n) is 7.85. The van der Waals surface area contributed by atoms with E-state index in [4.69, 9.17) is 9.47 Å². The van der Waals surface area contributed by atoms with Gasteiger partial charge < -0.3 is 14.8 Å². The summed E-state index contributed by atoms with van der Waals surface area (Å²) in [6, 6.07) is 13.0. The van der Waals surface area contributed by atoms with Crippen LogP contribution in [0.4, 0.5) is 5.69 Å². The summed E-state index contributed by atoms with van der Waals surface area (Å²) >= 11 is 0. The number of amides is 1. The molecule has 2 aromatic rings. The first-order chi connectivity index (χ1) is 14.7. The number of hydrogen-bond donors (Lipinski definition) is 1. The maximum atomic E-state index is 12.9. The first-order valence-electron chi connectivity index (χ1n) is 10.1. The fourth-order valence-corrected chi connectivity index (χ4v) is 5.48. The van der Waals surface area contributed by atoms with Gasteiger partial charge in [0.2, 0.25) is 10.0 Å². The van der Waals surface area contributed by atoms with Gasteiger partial charge >= 0.3 is 5.97 Å². The van der Waals surface area contributed by atoms with E-state index in [2.05, 4.69) is 5.32 Å². The molecular weight excluding hydrogens is 420 g/mol. The first-order valence-corrected chi connectivity index (χ1v) is 11.5. The van der Waals surface area contributed by atoms with Gasteiger partial charge in [0.25, 0.3) is 5.91 Å².